The van der Waals surface area contributed by atoms with Crippen molar-refractivity contribution in [2.75, 3.05) is 6.61 Å². The van der Waals surface area contributed by atoms with E-state index < -0.39 is 17.7 Å². The van der Waals surface area contributed by atoms with Gasteiger partial charge >= 0.3 is 12.1 Å². The monoisotopic (exact) mass is 413 g/mol. The van der Waals surface area contributed by atoms with Crippen molar-refractivity contribution in [3.8, 4) is 11.3 Å². The van der Waals surface area contributed by atoms with Crippen molar-refractivity contribution in [2.45, 2.75) is 13.1 Å². The van der Waals surface area contributed by atoms with E-state index in [2.05, 4.69) is 4.98 Å². The van der Waals surface area contributed by atoms with Gasteiger partial charge in [-0.15, -0.1) is 0 Å². The maximum Gasteiger partial charge on any atom is 0.416 e. The Hall–Kier alpha value is -2.31. The highest BCUT2D eigenvalue weighted by molar-refractivity contribution is 6.38. The molecule has 2 aromatic carbocycles. The summed E-state index contributed by atoms with van der Waals surface area (Å²) in [5.74, 6) is -0.642. The van der Waals surface area contributed by atoms with E-state index in [9.17, 15) is 18.0 Å². The first-order valence-corrected chi connectivity index (χ1v) is 8.61. The third kappa shape index (κ3) is 4.01. The summed E-state index contributed by atoms with van der Waals surface area (Å²) in [5, 5.41) is 0.838. The van der Waals surface area contributed by atoms with Gasteiger partial charge < -0.3 is 4.74 Å². The summed E-state index contributed by atoms with van der Waals surface area (Å²) in [5.41, 5.74) is -0.0800. The van der Waals surface area contributed by atoms with E-state index in [1.807, 2.05) is 0 Å². The van der Waals surface area contributed by atoms with Crippen LogP contribution in [0.4, 0.5) is 13.2 Å². The van der Waals surface area contributed by atoms with Gasteiger partial charge in [-0.05, 0) is 37.3 Å². The van der Waals surface area contributed by atoms with Gasteiger partial charge in [-0.25, -0.2) is 9.78 Å². The van der Waals surface area contributed by atoms with Gasteiger partial charge in [0.2, 0.25) is 0 Å². The van der Waals surface area contributed by atoms with Crippen LogP contribution in [0.2, 0.25) is 10.0 Å². The third-order valence-corrected chi connectivity index (χ3v) is 4.32. The second kappa shape index (κ2) is 7.37. The van der Waals surface area contributed by atoms with E-state index in [0.717, 1.165) is 12.1 Å². The van der Waals surface area contributed by atoms with Gasteiger partial charge in [0.05, 0.1) is 34.0 Å². The minimum Gasteiger partial charge on any atom is -0.462 e. The molecule has 1 aromatic heterocycles. The lowest BCUT2D eigenvalue weighted by Gasteiger charge is -2.12. The minimum atomic E-state index is -4.50. The zero-order chi connectivity index (χ0) is 19.8. The Morgan fingerprint density at radius 2 is 1.89 bits per heavy atom. The van der Waals surface area contributed by atoms with Crippen LogP contribution in [0.1, 0.15) is 22.8 Å². The van der Waals surface area contributed by atoms with E-state index in [0.29, 0.717) is 10.4 Å². The van der Waals surface area contributed by atoms with Gasteiger partial charge in [0, 0.05) is 16.0 Å². The Kier molecular flexibility index (Phi) is 5.31. The molecule has 140 valence electrons. The normalized spacial score (nSPS) is 11.6. The van der Waals surface area contributed by atoms with E-state index in [4.69, 9.17) is 27.9 Å². The Morgan fingerprint density at radius 1 is 1.15 bits per heavy atom. The van der Waals surface area contributed by atoms with Crippen LogP contribution in [0.3, 0.4) is 0 Å². The fraction of sp³-hybridized carbons (Fsp3) is 0.158. The quantitative estimate of drug-likeness (QED) is 0.466. The molecule has 8 heteroatoms. The van der Waals surface area contributed by atoms with Crippen molar-refractivity contribution < 1.29 is 22.7 Å². The molecule has 0 saturated carbocycles. The number of nitrogens with zero attached hydrogens (tertiary/aromatic N) is 1. The lowest BCUT2D eigenvalue weighted by Crippen LogP contribution is -2.07. The van der Waals surface area contributed by atoms with E-state index in [1.165, 1.54) is 30.3 Å². The summed E-state index contributed by atoms with van der Waals surface area (Å²) in [4.78, 5) is 16.7. The molecule has 1 heterocycles. The lowest BCUT2D eigenvalue weighted by atomic mass is 10.0. The Bertz CT molecular complexity index is 1040. The van der Waals surface area contributed by atoms with Gasteiger partial charge in [0.1, 0.15) is 0 Å². The van der Waals surface area contributed by atoms with Gasteiger partial charge in [-0.2, -0.15) is 13.2 Å². The number of alkyl halides is 3. The number of hydrogen-bond acceptors (Lipinski definition) is 3. The minimum absolute atomic E-state index is 0.124. The number of fused-ring (bicyclic) bond motifs is 1. The van der Waals surface area contributed by atoms with Crippen LogP contribution in [-0.4, -0.2) is 17.6 Å². The fourth-order valence-corrected chi connectivity index (χ4v) is 3.17. The van der Waals surface area contributed by atoms with E-state index >= 15 is 0 Å². The SMILES string of the molecule is CCOC(=O)c1cc(-c2cccc(C(F)(F)F)c2)nc2c(Cl)cc(Cl)cc12. The number of ether oxygens (including phenoxy) is 1. The molecule has 0 unspecified atom stereocenters. The number of halogens is 5. The molecular formula is C19H12Cl2F3NO2. The second-order valence-electron chi connectivity index (χ2n) is 5.64. The highest BCUT2D eigenvalue weighted by Gasteiger charge is 2.30. The summed E-state index contributed by atoms with van der Waals surface area (Å²) >= 11 is 12.2. The molecule has 0 radical (unpaired) electrons. The number of hydrogen-bond donors (Lipinski definition) is 0. The smallest absolute Gasteiger partial charge is 0.416 e. The number of benzene rings is 2. The lowest BCUT2D eigenvalue weighted by molar-refractivity contribution is -0.137. The first kappa shape index (κ1) is 19.5. The number of aromatic nitrogens is 1. The highest BCUT2D eigenvalue weighted by Crippen LogP contribution is 2.35. The highest BCUT2D eigenvalue weighted by atomic mass is 35.5. The predicted molar refractivity (Wildman–Crippen MR) is 98.2 cm³/mol. The van der Waals surface area contributed by atoms with Crippen LogP contribution in [0.25, 0.3) is 22.2 Å². The van der Waals surface area contributed by atoms with Crippen molar-refractivity contribution >= 4 is 40.1 Å². The molecule has 0 spiro atoms. The molecule has 0 aliphatic rings. The molecule has 27 heavy (non-hydrogen) atoms. The molecule has 0 aliphatic heterocycles. The number of carbonyl (C=O) groups is 1. The summed E-state index contributed by atoms with van der Waals surface area (Å²) in [6.07, 6.45) is -4.50. The van der Waals surface area contributed by atoms with Crippen molar-refractivity contribution in [2.24, 2.45) is 0 Å². The molecule has 3 rings (SSSR count). The largest absolute Gasteiger partial charge is 0.462 e. The second-order valence-corrected chi connectivity index (χ2v) is 6.48. The average Bonchev–Trinajstić information content (AvgIpc) is 2.60. The first-order valence-electron chi connectivity index (χ1n) is 7.85. The summed E-state index contributed by atoms with van der Waals surface area (Å²) in [7, 11) is 0. The standard InChI is InChI=1S/C19H12Cl2F3NO2/c1-2-27-18(26)14-9-16(10-4-3-5-11(6-10)19(22,23)24)25-17-13(14)7-12(20)8-15(17)21/h3-9H,2H2,1H3. The molecule has 0 amide bonds. The topological polar surface area (TPSA) is 39.2 Å². The first-order chi connectivity index (χ1) is 12.7. The van der Waals surface area contributed by atoms with Crippen LogP contribution >= 0.6 is 23.2 Å². The van der Waals surface area contributed by atoms with Crippen LogP contribution in [0, 0.1) is 0 Å². The molecule has 3 nitrogen and oxygen atoms in total. The van der Waals surface area contributed by atoms with E-state index in [-0.39, 0.29) is 34.0 Å². The fourth-order valence-electron chi connectivity index (χ4n) is 2.63. The van der Waals surface area contributed by atoms with E-state index in [1.54, 1.807) is 6.92 Å². The number of pyridine rings is 1. The maximum absolute atomic E-state index is 13.0. The maximum atomic E-state index is 13.0. The van der Waals surface area contributed by atoms with Gasteiger partial charge in [-0.1, -0.05) is 35.3 Å². The summed E-state index contributed by atoms with van der Waals surface area (Å²) in [6.45, 7) is 1.78. The van der Waals surface area contributed by atoms with Crippen LogP contribution < -0.4 is 0 Å². The van der Waals surface area contributed by atoms with Crippen LogP contribution in [0.5, 0.6) is 0 Å². The van der Waals surface area contributed by atoms with Gasteiger partial charge in [-0.3, -0.25) is 0 Å². The third-order valence-electron chi connectivity index (χ3n) is 3.81. The van der Waals surface area contributed by atoms with Crippen molar-refractivity contribution in [3.05, 3.63) is 63.6 Å². The van der Waals surface area contributed by atoms with Crippen molar-refractivity contribution in [1.82, 2.24) is 4.98 Å². The predicted octanol–water partition coefficient (Wildman–Crippen LogP) is 6.40. The Balaban J connectivity index is 2.27. The molecule has 0 saturated heterocycles. The van der Waals surface area contributed by atoms with Crippen molar-refractivity contribution in [3.63, 3.8) is 0 Å². The van der Waals surface area contributed by atoms with Gasteiger partial charge in [0.15, 0.2) is 0 Å². The number of carbonyl (C=O) groups excluding carboxylic acids is 1. The molecule has 0 fully saturated rings. The molecular weight excluding hydrogens is 402 g/mol. The molecule has 0 N–H and O–H groups in total. The summed E-state index contributed by atoms with van der Waals surface area (Å²) < 4.78 is 44.1. The Labute approximate surface area is 162 Å². The number of esters is 1. The van der Waals surface area contributed by atoms with Gasteiger partial charge in [0.25, 0.3) is 0 Å². The molecule has 0 bridgehead atoms. The summed E-state index contributed by atoms with van der Waals surface area (Å²) in [6, 6.07) is 9.01. The number of rotatable bonds is 3. The molecule has 3 aromatic rings. The van der Waals surface area contributed by atoms with Crippen LogP contribution in [0.15, 0.2) is 42.5 Å². The Morgan fingerprint density at radius 3 is 2.56 bits per heavy atom. The molecule has 0 aliphatic carbocycles. The molecule has 0 atom stereocenters. The zero-order valence-corrected chi connectivity index (χ0v) is 15.4. The zero-order valence-electron chi connectivity index (χ0n) is 13.9. The van der Waals surface area contributed by atoms with Crippen LogP contribution in [-0.2, 0) is 10.9 Å². The average molecular weight is 414 g/mol. The van der Waals surface area contributed by atoms with Crippen molar-refractivity contribution in [1.29, 1.82) is 0 Å².